The number of fused-ring (bicyclic) bond motifs is 5. The fourth-order valence-electron chi connectivity index (χ4n) is 5.97. The van der Waals surface area contributed by atoms with Gasteiger partial charge in [-0.3, -0.25) is 4.98 Å². The van der Waals surface area contributed by atoms with Crippen LogP contribution >= 0.6 is 0 Å². The van der Waals surface area contributed by atoms with Crippen LogP contribution in [0.25, 0.3) is 55.0 Å². The van der Waals surface area contributed by atoms with Crippen LogP contribution in [0.3, 0.4) is 0 Å². The number of benzene rings is 6. The van der Waals surface area contributed by atoms with Crippen molar-refractivity contribution in [3.63, 3.8) is 0 Å². The predicted octanol–water partition coefficient (Wildman–Crippen LogP) is 10.9. The highest BCUT2D eigenvalue weighted by Gasteiger charge is 2.22. The third-order valence-electron chi connectivity index (χ3n) is 7.95. The number of nitrogens with zero attached hydrogens (tertiary/aromatic N) is 2. The summed E-state index contributed by atoms with van der Waals surface area (Å²) >= 11 is 0. The molecule has 0 N–H and O–H groups in total. The summed E-state index contributed by atoms with van der Waals surface area (Å²) in [6.07, 6.45) is 3.70. The van der Waals surface area contributed by atoms with Crippen molar-refractivity contribution in [2.75, 3.05) is 4.90 Å². The van der Waals surface area contributed by atoms with Crippen molar-refractivity contribution in [2.45, 2.75) is 0 Å². The average molecular weight is 539 g/mol. The Kier molecular flexibility index (Phi) is 5.79. The number of para-hydroxylation sites is 1. The molecule has 3 nitrogen and oxygen atoms in total. The van der Waals surface area contributed by atoms with Crippen LogP contribution in [-0.2, 0) is 0 Å². The van der Waals surface area contributed by atoms with Crippen LogP contribution < -0.4 is 4.90 Å². The summed E-state index contributed by atoms with van der Waals surface area (Å²) in [7, 11) is 0. The molecule has 0 bridgehead atoms. The summed E-state index contributed by atoms with van der Waals surface area (Å²) in [5.74, 6) is 0. The van der Waals surface area contributed by atoms with E-state index in [1.807, 2.05) is 12.3 Å². The number of hydrogen-bond donors (Lipinski definition) is 0. The zero-order valence-electron chi connectivity index (χ0n) is 22.8. The number of pyridine rings is 1. The van der Waals surface area contributed by atoms with Gasteiger partial charge in [0.2, 0.25) is 0 Å². The number of furan rings is 1. The van der Waals surface area contributed by atoms with Gasteiger partial charge in [-0.05, 0) is 70.1 Å². The van der Waals surface area contributed by atoms with E-state index in [-0.39, 0.29) is 0 Å². The molecule has 3 heteroatoms. The van der Waals surface area contributed by atoms with Crippen molar-refractivity contribution in [1.29, 1.82) is 0 Å². The van der Waals surface area contributed by atoms with E-state index >= 15 is 0 Å². The highest BCUT2D eigenvalue weighted by molar-refractivity contribution is 6.21. The smallest absolute Gasteiger partial charge is 0.160 e. The van der Waals surface area contributed by atoms with Gasteiger partial charge in [0.25, 0.3) is 0 Å². The van der Waals surface area contributed by atoms with Gasteiger partial charge < -0.3 is 9.32 Å². The Hall–Kier alpha value is -5.67. The summed E-state index contributed by atoms with van der Waals surface area (Å²) in [4.78, 5) is 6.59. The lowest BCUT2D eigenvalue weighted by Crippen LogP contribution is -2.10. The zero-order valence-corrected chi connectivity index (χ0v) is 22.8. The topological polar surface area (TPSA) is 29.3 Å². The third kappa shape index (κ3) is 4.03. The molecule has 198 valence electrons. The molecule has 6 aromatic carbocycles. The van der Waals surface area contributed by atoms with E-state index in [0.717, 1.165) is 72.0 Å². The van der Waals surface area contributed by atoms with E-state index in [1.54, 1.807) is 6.20 Å². The molecule has 8 aromatic rings. The van der Waals surface area contributed by atoms with Gasteiger partial charge >= 0.3 is 0 Å². The Labute approximate surface area is 243 Å². The van der Waals surface area contributed by atoms with Gasteiger partial charge in [0, 0.05) is 39.9 Å². The molecule has 2 heterocycles. The summed E-state index contributed by atoms with van der Waals surface area (Å²) in [6, 6.07) is 51.0. The van der Waals surface area contributed by atoms with E-state index in [9.17, 15) is 0 Å². The number of anilines is 3. The number of hydrogen-bond acceptors (Lipinski definition) is 3. The molecule has 0 fully saturated rings. The summed E-state index contributed by atoms with van der Waals surface area (Å²) < 4.78 is 6.93. The predicted molar refractivity (Wildman–Crippen MR) is 175 cm³/mol. The molecule has 0 aliphatic carbocycles. The normalized spacial score (nSPS) is 11.3. The van der Waals surface area contributed by atoms with Crippen LogP contribution in [0, 0.1) is 0 Å². The Bertz CT molecular complexity index is 2170. The van der Waals surface area contributed by atoms with Crippen LogP contribution in [0.4, 0.5) is 17.1 Å². The second kappa shape index (κ2) is 10.1. The van der Waals surface area contributed by atoms with Gasteiger partial charge in [0.1, 0.15) is 5.58 Å². The van der Waals surface area contributed by atoms with Crippen LogP contribution in [-0.4, -0.2) is 4.98 Å². The molecular weight excluding hydrogens is 512 g/mol. The van der Waals surface area contributed by atoms with Gasteiger partial charge in [0.15, 0.2) is 5.58 Å². The van der Waals surface area contributed by atoms with Crippen molar-refractivity contribution in [3.05, 3.63) is 158 Å². The Balaban J connectivity index is 1.41. The molecule has 42 heavy (non-hydrogen) atoms. The second-order valence-corrected chi connectivity index (χ2v) is 10.4. The Morgan fingerprint density at radius 2 is 1.19 bits per heavy atom. The lowest BCUT2D eigenvalue weighted by atomic mass is 9.97. The molecule has 0 saturated carbocycles. The van der Waals surface area contributed by atoms with Crippen molar-refractivity contribution >= 4 is 49.8 Å². The van der Waals surface area contributed by atoms with Gasteiger partial charge in [-0.15, -0.1) is 0 Å². The average Bonchev–Trinajstić information content (AvgIpc) is 3.47. The molecule has 0 spiro atoms. The van der Waals surface area contributed by atoms with Gasteiger partial charge in [0.05, 0.1) is 5.69 Å². The van der Waals surface area contributed by atoms with E-state index < -0.39 is 0 Å². The fourth-order valence-corrected chi connectivity index (χ4v) is 5.97. The first-order chi connectivity index (χ1) is 20.8. The molecule has 0 radical (unpaired) electrons. The lowest BCUT2D eigenvalue weighted by molar-refractivity contribution is 0.673. The summed E-state index contributed by atoms with van der Waals surface area (Å²) in [5, 5.41) is 4.51. The van der Waals surface area contributed by atoms with Gasteiger partial charge in [-0.2, -0.15) is 0 Å². The molecule has 0 atom stereocenters. The molecule has 0 amide bonds. The first-order valence-corrected chi connectivity index (χ1v) is 14.1. The zero-order chi connectivity index (χ0) is 27.9. The largest absolute Gasteiger partial charge is 0.453 e. The Morgan fingerprint density at radius 1 is 0.476 bits per heavy atom. The second-order valence-electron chi connectivity index (χ2n) is 10.4. The first kappa shape index (κ1) is 24.2. The van der Waals surface area contributed by atoms with Crippen molar-refractivity contribution in [1.82, 2.24) is 4.98 Å². The van der Waals surface area contributed by atoms with Gasteiger partial charge in [-0.25, -0.2) is 0 Å². The lowest BCUT2D eigenvalue weighted by Gasteiger charge is -2.26. The maximum atomic E-state index is 6.93. The van der Waals surface area contributed by atoms with E-state index in [4.69, 9.17) is 4.42 Å². The van der Waals surface area contributed by atoms with E-state index in [2.05, 4.69) is 149 Å². The van der Waals surface area contributed by atoms with Crippen molar-refractivity contribution in [2.24, 2.45) is 0 Å². The van der Waals surface area contributed by atoms with E-state index in [1.165, 1.54) is 0 Å². The van der Waals surface area contributed by atoms with Crippen LogP contribution in [0.1, 0.15) is 0 Å². The molecule has 8 rings (SSSR count). The molecule has 0 saturated heterocycles. The highest BCUT2D eigenvalue weighted by atomic mass is 16.3. The SMILES string of the molecule is c1ccc(-c2ccc(N(c3ccccc3)c3ccc(-c4cccnc4)cc3)c3oc4c5ccccc5ccc4c23)cc1. The maximum Gasteiger partial charge on any atom is 0.160 e. The van der Waals surface area contributed by atoms with E-state index in [0.29, 0.717) is 0 Å². The first-order valence-electron chi connectivity index (χ1n) is 14.1. The minimum Gasteiger partial charge on any atom is -0.453 e. The standard InChI is InChI=1S/C39H26N2O/c1-3-10-28(11-4-1)33-23-24-36(39-37(33)35-22-19-29-12-7-8-16-34(29)38(35)42-39)41(31-14-5-2-6-15-31)32-20-17-27(18-21-32)30-13-9-25-40-26-30/h1-26H. The van der Waals surface area contributed by atoms with Crippen LogP contribution in [0.2, 0.25) is 0 Å². The Morgan fingerprint density at radius 3 is 1.98 bits per heavy atom. The summed E-state index contributed by atoms with van der Waals surface area (Å²) in [6.45, 7) is 0. The van der Waals surface area contributed by atoms with Gasteiger partial charge in [-0.1, -0.05) is 103 Å². The minimum absolute atomic E-state index is 0.864. The summed E-state index contributed by atoms with van der Waals surface area (Å²) in [5.41, 5.74) is 9.41. The molecule has 0 aliphatic heterocycles. The molecule has 2 aromatic heterocycles. The van der Waals surface area contributed by atoms with Crippen LogP contribution in [0.15, 0.2) is 162 Å². The third-order valence-corrected chi connectivity index (χ3v) is 7.95. The fraction of sp³-hybridized carbons (Fsp3) is 0. The highest BCUT2D eigenvalue weighted by Crippen LogP contribution is 2.47. The number of aromatic nitrogens is 1. The van der Waals surface area contributed by atoms with Crippen molar-refractivity contribution < 1.29 is 4.42 Å². The maximum absolute atomic E-state index is 6.93. The van der Waals surface area contributed by atoms with Crippen LogP contribution in [0.5, 0.6) is 0 Å². The molecular formula is C39H26N2O. The minimum atomic E-state index is 0.864. The molecule has 0 aliphatic rings. The monoisotopic (exact) mass is 538 g/mol. The van der Waals surface area contributed by atoms with Crippen molar-refractivity contribution in [3.8, 4) is 22.3 Å². The quantitative estimate of drug-likeness (QED) is 0.218. The molecule has 0 unspecified atom stereocenters. The number of rotatable bonds is 5.